The van der Waals surface area contributed by atoms with Crippen LogP contribution in [0.4, 0.5) is 0 Å². The van der Waals surface area contributed by atoms with E-state index in [0.29, 0.717) is 5.75 Å². The van der Waals surface area contributed by atoms with E-state index in [1.807, 2.05) is 24.5 Å². The van der Waals surface area contributed by atoms with E-state index in [1.54, 1.807) is 7.11 Å². The summed E-state index contributed by atoms with van der Waals surface area (Å²) in [5.74, 6) is 0.668. The second kappa shape index (κ2) is 5.59. The molecule has 0 radical (unpaired) electrons. The van der Waals surface area contributed by atoms with Gasteiger partial charge in [-0.3, -0.25) is 0 Å². The number of benzene rings is 1. The van der Waals surface area contributed by atoms with Crippen molar-refractivity contribution in [3.05, 3.63) is 36.9 Å². The zero-order chi connectivity index (χ0) is 12.1. The topological polar surface area (TPSA) is 29.5 Å². The third-order valence-corrected chi connectivity index (χ3v) is 3.65. The first-order chi connectivity index (χ1) is 7.63. The quantitative estimate of drug-likeness (QED) is 0.643. The van der Waals surface area contributed by atoms with Gasteiger partial charge in [-0.25, -0.2) is 0 Å². The first kappa shape index (κ1) is 12.6. The summed E-state index contributed by atoms with van der Waals surface area (Å²) in [6.45, 7) is 7.32. The fourth-order valence-corrected chi connectivity index (χ4v) is 2.26. The van der Waals surface area contributed by atoms with Crippen LogP contribution in [-0.2, 0) is 6.42 Å². The van der Waals surface area contributed by atoms with Crippen molar-refractivity contribution >= 4 is 15.5 Å². The lowest BCUT2D eigenvalue weighted by Crippen LogP contribution is -1.90. The molecule has 2 nitrogen and oxygen atoms in total. The smallest absolute Gasteiger partial charge is 0.171 e. The number of ether oxygens (including phenoxy) is 1. The molecule has 1 N–H and O–H groups in total. The van der Waals surface area contributed by atoms with Gasteiger partial charge >= 0.3 is 0 Å². The number of phenolic OH excluding ortho intramolecular Hbond substituents is 1. The van der Waals surface area contributed by atoms with Gasteiger partial charge in [-0.2, -0.15) is 0 Å². The molecule has 0 aliphatic rings. The molecule has 0 heterocycles. The van der Waals surface area contributed by atoms with E-state index in [0.717, 1.165) is 16.9 Å². The summed E-state index contributed by atoms with van der Waals surface area (Å²) in [4.78, 5) is 0.811. The third-order valence-electron chi connectivity index (χ3n) is 2.25. The van der Waals surface area contributed by atoms with Gasteiger partial charge in [-0.15, -0.1) is 17.1 Å². The molecule has 0 saturated heterocycles. The van der Waals surface area contributed by atoms with Gasteiger partial charge in [0.1, 0.15) is 0 Å². The van der Waals surface area contributed by atoms with E-state index >= 15 is 0 Å². The standard InChI is InChI=1S/C13H16O2S/c1-5-7-10-8-11(15-3)13(14)12(9-10)16(4)6-2/h5,8-9,14H,1-2,7H2,3-4H3. The molecule has 1 aromatic rings. The molecular formula is C13H16O2S. The van der Waals surface area contributed by atoms with Gasteiger partial charge in [0.05, 0.1) is 12.0 Å². The third kappa shape index (κ3) is 2.57. The molecule has 0 fully saturated rings. The maximum Gasteiger partial charge on any atom is 0.171 e. The van der Waals surface area contributed by atoms with Crippen LogP contribution in [0.2, 0.25) is 0 Å². The predicted molar refractivity (Wildman–Crippen MR) is 71.0 cm³/mol. The molecule has 0 aliphatic heterocycles. The summed E-state index contributed by atoms with van der Waals surface area (Å²) in [5, 5.41) is 12.9. The van der Waals surface area contributed by atoms with Crippen molar-refractivity contribution in [3.63, 3.8) is 0 Å². The number of hydrogen-bond acceptors (Lipinski definition) is 2. The Balaban J connectivity index is 3.40. The molecule has 1 aromatic carbocycles. The number of aromatic hydroxyl groups is 1. The monoisotopic (exact) mass is 236 g/mol. The highest BCUT2D eigenvalue weighted by atomic mass is 32.2. The Kier molecular flexibility index (Phi) is 4.41. The van der Waals surface area contributed by atoms with Crippen molar-refractivity contribution in [3.8, 4) is 11.5 Å². The van der Waals surface area contributed by atoms with E-state index in [2.05, 4.69) is 18.2 Å². The van der Waals surface area contributed by atoms with Crippen LogP contribution in [0.5, 0.6) is 11.5 Å². The number of hydrogen-bond donors (Lipinski definition) is 1. The molecule has 86 valence electrons. The molecular weight excluding hydrogens is 220 g/mol. The zero-order valence-corrected chi connectivity index (χ0v) is 10.4. The van der Waals surface area contributed by atoms with E-state index < -0.39 is 0 Å². The molecule has 1 atom stereocenters. The molecule has 0 aliphatic carbocycles. The van der Waals surface area contributed by atoms with E-state index in [-0.39, 0.29) is 16.2 Å². The Labute approximate surface area is 98.8 Å². The minimum atomic E-state index is -0.303. The lowest BCUT2D eigenvalue weighted by Gasteiger charge is -2.11. The second-order valence-electron chi connectivity index (χ2n) is 3.29. The second-order valence-corrected chi connectivity index (χ2v) is 5.04. The van der Waals surface area contributed by atoms with Crippen molar-refractivity contribution in [1.82, 2.24) is 0 Å². The van der Waals surface area contributed by atoms with Crippen LogP contribution in [0.25, 0.3) is 0 Å². The van der Waals surface area contributed by atoms with Gasteiger partial charge < -0.3 is 9.84 Å². The summed E-state index contributed by atoms with van der Waals surface area (Å²) in [6.07, 6.45) is 4.53. The molecule has 0 amide bonds. The summed E-state index contributed by atoms with van der Waals surface area (Å²) in [5.41, 5.74) is 1.06. The van der Waals surface area contributed by atoms with Crippen LogP contribution < -0.4 is 4.74 Å². The Morgan fingerprint density at radius 1 is 1.56 bits per heavy atom. The van der Waals surface area contributed by atoms with Gasteiger partial charge in [0.2, 0.25) is 0 Å². The normalized spacial score (nSPS) is 11.6. The minimum Gasteiger partial charge on any atom is -0.503 e. The summed E-state index contributed by atoms with van der Waals surface area (Å²) in [7, 11) is 1.24. The number of rotatable bonds is 4. The summed E-state index contributed by atoms with van der Waals surface area (Å²) >= 11 is 0. The molecule has 16 heavy (non-hydrogen) atoms. The highest BCUT2D eigenvalue weighted by Gasteiger charge is 2.10. The maximum absolute atomic E-state index is 9.97. The van der Waals surface area contributed by atoms with Crippen LogP contribution in [-0.4, -0.2) is 23.5 Å². The van der Waals surface area contributed by atoms with Crippen molar-refractivity contribution in [2.24, 2.45) is 0 Å². The number of phenols is 1. The summed E-state index contributed by atoms with van der Waals surface area (Å²) < 4.78 is 5.14. The molecule has 0 saturated carbocycles. The fraction of sp³-hybridized carbons (Fsp3) is 0.231. The first-order valence-corrected chi connectivity index (χ1v) is 6.46. The lowest BCUT2D eigenvalue weighted by atomic mass is 10.1. The summed E-state index contributed by atoms with van der Waals surface area (Å²) in [6, 6.07) is 3.77. The van der Waals surface area contributed by atoms with Crippen LogP contribution in [0, 0.1) is 0 Å². The Morgan fingerprint density at radius 3 is 2.75 bits per heavy atom. The van der Waals surface area contributed by atoms with Gasteiger partial charge in [0, 0.05) is 0 Å². The van der Waals surface area contributed by atoms with Crippen LogP contribution in [0.15, 0.2) is 36.3 Å². The van der Waals surface area contributed by atoms with Crippen molar-refractivity contribution < 1.29 is 9.84 Å². The van der Waals surface area contributed by atoms with Gasteiger partial charge in [-0.1, -0.05) is 17.7 Å². The highest BCUT2D eigenvalue weighted by molar-refractivity contribution is 8.14. The molecule has 0 aromatic heterocycles. The van der Waals surface area contributed by atoms with Crippen molar-refractivity contribution in [1.29, 1.82) is 0 Å². The maximum atomic E-state index is 9.97. The van der Waals surface area contributed by atoms with E-state index in [1.165, 1.54) is 0 Å². The number of allylic oxidation sites excluding steroid dienone is 1. The van der Waals surface area contributed by atoms with Crippen LogP contribution in [0.3, 0.4) is 0 Å². The Morgan fingerprint density at radius 2 is 2.25 bits per heavy atom. The zero-order valence-electron chi connectivity index (χ0n) is 9.62. The molecule has 0 bridgehead atoms. The molecule has 1 rings (SSSR count). The van der Waals surface area contributed by atoms with Gasteiger partial charge in [0.25, 0.3) is 0 Å². The Bertz CT molecular complexity index is 457. The Hall–Kier alpha value is -1.44. The predicted octanol–water partition coefficient (Wildman–Crippen LogP) is 2.97. The lowest BCUT2D eigenvalue weighted by molar-refractivity contribution is 0.367. The van der Waals surface area contributed by atoms with Gasteiger partial charge in [0.15, 0.2) is 11.5 Å². The number of methoxy groups -OCH3 is 1. The fourth-order valence-electron chi connectivity index (χ4n) is 1.39. The first-order valence-electron chi connectivity index (χ1n) is 4.83. The molecule has 0 spiro atoms. The largest absolute Gasteiger partial charge is 0.503 e. The highest BCUT2D eigenvalue weighted by Crippen LogP contribution is 2.39. The van der Waals surface area contributed by atoms with Gasteiger partial charge in [-0.05, 0) is 30.4 Å². The van der Waals surface area contributed by atoms with E-state index in [9.17, 15) is 5.11 Å². The van der Waals surface area contributed by atoms with Crippen molar-refractivity contribution in [2.45, 2.75) is 11.3 Å². The van der Waals surface area contributed by atoms with Crippen molar-refractivity contribution in [2.75, 3.05) is 13.4 Å². The van der Waals surface area contributed by atoms with Crippen LogP contribution in [0.1, 0.15) is 5.56 Å². The minimum absolute atomic E-state index is 0.178. The average molecular weight is 236 g/mol. The molecule has 1 unspecified atom stereocenters. The average Bonchev–Trinajstić information content (AvgIpc) is 2.30. The SMILES string of the molecule is C=C=S(C)c1cc(CC=C)cc(OC)c1O. The van der Waals surface area contributed by atoms with Crippen LogP contribution >= 0.6 is 10.5 Å². The van der Waals surface area contributed by atoms with E-state index in [4.69, 9.17) is 4.74 Å². The molecule has 3 heteroatoms.